The number of nitrogens with zero attached hydrogens (tertiary/aromatic N) is 2. The minimum absolute atomic E-state index is 0.130. The molecule has 0 saturated heterocycles. The Balaban J connectivity index is 1.38. The monoisotopic (exact) mass is 441 g/mol. The van der Waals surface area contributed by atoms with Gasteiger partial charge in [0, 0.05) is 34.8 Å². The summed E-state index contributed by atoms with van der Waals surface area (Å²) in [5.41, 5.74) is 3.71. The summed E-state index contributed by atoms with van der Waals surface area (Å²) in [5, 5.41) is 2.94. The van der Waals surface area contributed by atoms with Crippen molar-refractivity contribution in [2.24, 2.45) is 0 Å². The lowest BCUT2D eigenvalue weighted by Gasteiger charge is -2.09. The van der Waals surface area contributed by atoms with E-state index in [2.05, 4.69) is 27.4 Å². The Morgan fingerprint density at radius 2 is 1.78 bits per heavy atom. The largest absolute Gasteiger partial charge is 0.439 e. The molecule has 1 heterocycles. The Morgan fingerprint density at radius 1 is 1.00 bits per heavy atom. The van der Waals surface area contributed by atoms with E-state index in [4.69, 9.17) is 4.74 Å². The zero-order valence-corrected chi connectivity index (χ0v) is 18.7. The summed E-state index contributed by atoms with van der Waals surface area (Å²) >= 11 is 1.69. The van der Waals surface area contributed by atoms with Crippen LogP contribution in [0.1, 0.15) is 21.5 Å². The van der Waals surface area contributed by atoms with Crippen molar-refractivity contribution in [3.05, 3.63) is 102 Å². The average Bonchev–Trinajstić information content (AvgIpc) is 2.83. The van der Waals surface area contributed by atoms with Gasteiger partial charge in [0.2, 0.25) is 5.88 Å². The normalized spacial score (nSPS) is 10.6. The highest BCUT2D eigenvalue weighted by Gasteiger charge is 2.08. The molecule has 0 aliphatic rings. The smallest absolute Gasteiger partial charge is 0.251 e. The van der Waals surface area contributed by atoms with Crippen LogP contribution in [-0.4, -0.2) is 22.1 Å². The number of carbonyl (C=O) groups is 1. The number of aryl methyl sites for hydroxylation is 1. The first-order chi connectivity index (χ1) is 15.6. The quantitative estimate of drug-likeness (QED) is 0.362. The summed E-state index contributed by atoms with van der Waals surface area (Å²) in [5.74, 6) is 1.52. The minimum atomic E-state index is -0.130. The number of amides is 1. The van der Waals surface area contributed by atoms with E-state index < -0.39 is 0 Å². The molecule has 32 heavy (non-hydrogen) atoms. The molecule has 160 valence electrons. The van der Waals surface area contributed by atoms with Crippen LogP contribution in [0.25, 0.3) is 11.4 Å². The second-order valence-electron chi connectivity index (χ2n) is 7.25. The molecule has 1 amide bonds. The molecule has 0 unspecified atom stereocenters. The van der Waals surface area contributed by atoms with Crippen LogP contribution in [0.2, 0.25) is 0 Å². The molecule has 4 aromatic rings. The second kappa shape index (κ2) is 10.1. The Kier molecular flexibility index (Phi) is 6.82. The molecule has 0 radical (unpaired) electrons. The van der Waals surface area contributed by atoms with E-state index >= 15 is 0 Å². The number of hydrogen-bond acceptors (Lipinski definition) is 5. The van der Waals surface area contributed by atoms with Gasteiger partial charge in [-0.05, 0) is 61.2 Å². The van der Waals surface area contributed by atoms with Gasteiger partial charge in [-0.2, -0.15) is 4.98 Å². The Labute approximate surface area is 191 Å². The van der Waals surface area contributed by atoms with Gasteiger partial charge in [-0.25, -0.2) is 4.98 Å². The van der Waals surface area contributed by atoms with Crippen LogP contribution in [0.5, 0.6) is 11.6 Å². The highest BCUT2D eigenvalue weighted by Crippen LogP contribution is 2.23. The van der Waals surface area contributed by atoms with Gasteiger partial charge in [0.15, 0.2) is 5.82 Å². The maximum Gasteiger partial charge on any atom is 0.251 e. The highest BCUT2D eigenvalue weighted by molar-refractivity contribution is 7.98. The minimum Gasteiger partial charge on any atom is -0.439 e. The number of hydrogen-bond donors (Lipinski definition) is 1. The molecule has 0 aliphatic heterocycles. The van der Waals surface area contributed by atoms with Crippen molar-refractivity contribution in [2.75, 3.05) is 6.26 Å². The van der Waals surface area contributed by atoms with Crippen molar-refractivity contribution < 1.29 is 9.53 Å². The fourth-order valence-electron chi connectivity index (χ4n) is 3.15. The van der Waals surface area contributed by atoms with Crippen LogP contribution in [0.15, 0.2) is 90.0 Å². The summed E-state index contributed by atoms with van der Waals surface area (Å²) < 4.78 is 5.87. The molecule has 4 rings (SSSR count). The van der Waals surface area contributed by atoms with E-state index in [0.717, 1.165) is 16.7 Å². The molecule has 0 atom stereocenters. The molecule has 1 aromatic heterocycles. The number of ether oxygens (including phenoxy) is 1. The van der Waals surface area contributed by atoms with Crippen LogP contribution in [0.3, 0.4) is 0 Å². The SMILES string of the molecule is CSc1ccc(CNC(=O)c2ccc(Oc3ccnc(-c4cccc(C)c4)n3)cc2)cc1. The predicted molar refractivity (Wildman–Crippen MR) is 128 cm³/mol. The lowest BCUT2D eigenvalue weighted by Crippen LogP contribution is -2.22. The van der Waals surface area contributed by atoms with Crippen molar-refractivity contribution in [2.45, 2.75) is 18.4 Å². The van der Waals surface area contributed by atoms with Crippen molar-refractivity contribution >= 4 is 17.7 Å². The van der Waals surface area contributed by atoms with Crippen LogP contribution < -0.4 is 10.1 Å². The van der Waals surface area contributed by atoms with E-state index in [9.17, 15) is 4.79 Å². The lowest BCUT2D eigenvalue weighted by molar-refractivity contribution is 0.0951. The maximum atomic E-state index is 12.5. The number of carbonyl (C=O) groups excluding carboxylic acids is 1. The third-order valence-corrected chi connectivity index (χ3v) is 5.60. The van der Waals surface area contributed by atoms with Gasteiger partial charge in [-0.15, -0.1) is 11.8 Å². The van der Waals surface area contributed by atoms with Gasteiger partial charge in [-0.3, -0.25) is 4.79 Å². The zero-order valence-electron chi connectivity index (χ0n) is 17.9. The van der Waals surface area contributed by atoms with E-state index in [1.807, 2.05) is 49.6 Å². The van der Waals surface area contributed by atoms with Gasteiger partial charge in [0.05, 0.1) is 0 Å². The first kappa shape index (κ1) is 21.6. The molecular formula is C26H23N3O2S. The molecule has 0 saturated carbocycles. The first-order valence-electron chi connectivity index (χ1n) is 10.2. The molecule has 1 N–H and O–H groups in total. The molecule has 0 fully saturated rings. The average molecular weight is 442 g/mol. The van der Waals surface area contributed by atoms with Crippen LogP contribution in [0, 0.1) is 6.92 Å². The summed E-state index contributed by atoms with van der Waals surface area (Å²) in [6, 6.07) is 24.9. The highest BCUT2D eigenvalue weighted by atomic mass is 32.2. The first-order valence-corrected chi connectivity index (χ1v) is 11.4. The molecular weight excluding hydrogens is 418 g/mol. The van der Waals surface area contributed by atoms with Gasteiger partial charge in [-0.1, -0.05) is 35.9 Å². The van der Waals surface area contributed by atoms with Crippen molar-refractivity contribution in [3.63, 3.8) is 0 Å². The predicted octanol–water partition coefficient (Wildman–Crippen LogP) is 5.90. The summed E-state index contributed by atoms with van der Waals surface area (Å²) in [6.07, 6.45) is 3.71. The number of thioether (sulfide) groups is 1. The molecule has 5 nitrogen and oxygen atoms in total. The van der Waals surface area contributed by atoms with Crippen LogP contribution in [0.4, 0.5) is 0 Å². The van der Waals surface area contributed by atoms with E-state index in [1.54, 1.807) is 48.3 Å². The Hall–Kier alpha value is -3.64. The second-order valence-corrected chi connectivity index (χ2v) is 8.12. The number of nitrogens with one attached hydrogen (secondary N) is 1. The van der Waals surface area contributed by atoms with E-state index in [0.29, 0.717) is 29.6 Å². The van der Waals surface area contributed by atoms with Gasteiger partial charge in [0.1, 0.15) is 5.75 Å². The summed E-state index contributed by atoms with van der Waals surface area (Å²) in [7, 11) is 0. The molecule has 0 spiro atoms. The standard InChI is InChI=1S/C26H23N3O2S/c1-18-4-3-5-21(16-18)25-27-15-14-24(29-25)31-22-10-8-20(9-11-22)26(30)28-17-19-6-12-23(32-2)13-7-19/h3-16H,17H2,1-2H3,(H,28,30). The molecule has 0 aliphatic carbocycles. The topological polar surface area (TPSA) is 64.1 Å². The summed E-state index contributed by atoms with van der Waals surface area (Å²) in [6.45, 7) is 2.51. The van der Waals surface area contributed by atoms with E-state index in [-0.39, 0.29) is 5.91 Å². The number of benzene rings is 3. The zero-order chi connectivity index (χ0) is 22.3. The fraction of sp³-hybridized carbons (Fsp3) is 0.115. The third kappa shape index (κ3) is 5.53. The van der Waals surface area contributed by atoms with Crippen molar-refractivity contribution in [1.29, 1.82) is 0 Å². The Bertz CT molecular complexity index is 1210. The van der Waals surface area contributed by atoms with Crippen molar-refractivity contribution in [1.82, 2.24) is 15.3 Å². The van der Waals surface area contributed by atoms with Crippen LogP contribution in [-0.2, 0) is 6.54 Å². The third-order valence-electron chi connectivity index (χ3n) is 4.86. The van der Waals surface area contributed by atoms with Crippen molar-refractivity contribution in [3.8, 4) is 23.0 Å². The van der Waals surface area contributed by atoms with Gasteiger partial charge >= 0.3 is 0 Å². The van der Waals surface area contributed by atoms with E-state index in [1.165, 1.54) is 4.90 Å². The number of rotatable bonds is 7. The summed E-state index contributed by atoms with van der Waals surface area (Å²) in [4.78, 5) is 22.5. The molecule has 3 aromatic carbocycles. The lowest BCUT2D eigenvalue weighted by atomic mass is 10.1. The van der Waals surface area contributed by atoms with Gasteiger partial charge < -0.3 is 10.1 Å². The molecule has 6 heteroatoms. The van der Waals surface area contributed by atoms with Gasteiger partial charge in [0.25, 0.3) is 5.91 Å². The fourth-order valence-corrected chi connectivity index (χ4v) is 3.55. The Morgan fingerprint density at radius 3 is 2.50 bits per heavy atom. The van der Waals surface area contributed by atoms with Crippen LogP contribution >= 0.6 is 11.8 Å². The maximum absolute atomic E-state index is 12.5. The molecule has 0 bridgehead atoms. The number of aromatic nitrogens is 2.